The maximum atomic E-state index is 12.5. The number of hydrogen-bond donors (Lipinski definition) is 1. The molecule has 0 unspecified atom stereocenters. The summed E-state index contributed by atoms with van der Waals surface area (Å²) in [5.41, 5.74) is 1.22. The Balaban J connectivity index is 2.20. The van der Waals surface area contributed by atoms with Gasteiger partial charge in [-0.15, -0.1) is 0 Å². The zero-order valence-electron chi connectivity index (χ0n) is 13.5. The van der Waals surface area contributed by atoms with E-state index < -0.39 is 10.0 Å². The number of carbonyl (C=O) groups is 1. The van der Waals surface area contributed by atoms with Crippen LogP contribution in [0.5, 0.6) is 0 Å². The van der Waals surface area contributed by atoms with Crippen LogP contribution < -0.4 is 4.72 Å². The molecule has 0 fully saturated rings. The Kier molecular flexibility index (Phi) is 5.99. The van der Waals surface area contributed by atoms with E-state index >= 15 is 0 Å². The van der Waals surface area contributed by atoms with E-state index in [1.807, 2.05) is 12.1 Å². The molecule has 5 nitrogen and oxygen atoms in total. The van der Waals surface area contributed by atoms with Gasteiger partial charge >= 0.3 is 0 Å². The van der Waals surface area contributed by atoms with Gasteiger partial charge in [0.05, 0.1) is 4.90 Å². The van der Waals surface area contributed by atoms with Crippen LogP contribution in [0.25, 0.3) is 0 Å². The quantitative estimate of drug-likeness (QED) is 0.854. The van der Waals surface area contributed by atoms with Gasteiger partial charge in [-0.3, -0.25) is 4.79 Å². The first-order valence-electron chi connectivity index (χ1n) is 7.43. The standard InChI is InChI=1S/C17H19ClN2O3S/c1-3-19-24(22,23)16-9-5-7-14(11-16)17(21)20(2)12-13-6-4-8-15(18)10-13/h4-11,19H,3,12H2,1-2H3. The van der Waals surface area contributed by atoms with E-state index in [1.54, 1.807) is 38.2 Å². The summed E-state index contributed by atoms with van der Waals surface area (Å²) in [5, 5.41) is 0.604. The van der Waals surface area contributed by atoms with Gasteiger partial charge in [0.2, 0.25) is 10.0 Å². The molecule has 0 saturated heterocycles. The first-order valence-corrected chi connectivity index (χ1v) is 9.29. The number of hydrogen-bond acceptors (Lipinski definition) is 3. The van der Waals surface area contributed by atoms with Gasteiger partial charge in [-0.25, -0.2) is 13.1 Å². The second-order valence-electron chi connectivity index (χ2n) is 5.32. The number of amides is 1. The molecule has 0 aliphatic carbocycles. The summed E-state index contributed by atoms with van der Waals surface area (Å²) in [6.45, 7) is 2.37. The van der Waals surface area contributed by atoms with Crippen LogP contribution in [0, 0.1) is 0 Å². The maximum absolute atomic E-state index is 12.5. The van der Waals surface area contributed by atoms with Gasteiger partial charge < -0.3 is 4.90 Å². The first kappa shape index (κ1) is 18.4. The Labute approximate surface area is 147 Å². The molecule has 0 radical (unpaired) electrons. The lowest BCUT2D eigenvalue weighted by molar-refractivity contribution is 0.0785. The van der Waals surface area contributed by atoms with Crippen LogP contribution in [0.4, 0.5) is 0 Å². The zero-order chi connectivity index (χ0) is 17.7. The predicted octanol–water partition coefficient (Wildman–Crippen LogP) is 2.91. The normalized spacial score (nSPS) is 11.3. The van der Waals surface area contributed by atoms with E-state index in [1.165, 1.54) is 17.0 Å². The van der Waals surface area contributed by atoms with E-state index in [0.29, 0.717) is 17.1 Å². The average molecular weight is 367 g/mol. The van der Waals surface area contributed by atoms with Gasteiger partial charge in [-0.2, -0.15) is 0 Å². The Morgan fingerprint density at radius 3 is 2.54 bits per heavy atom. The molecule has 2 aromatic carbocycles. The summed E-state index contributed by atoms with van der Waals surface area (Å²) in [6.07, 6.45) is 0. The van der Waals surface area contributed by atoms with Gasteiger partial charge in [0, 0.05) is 30.7 Å². The lowest BCUT2D eigenvalue weighted by Crippen LogP contribution is -2.27. The van der Waals surface area contributed by atoms with Crippen molar-refractivity contribution in [2.45, 2.75) is 18.4 Å². The first-order chi connectivity index (χ1) is 11.3. The molecule has 0 atom stereocenters. The smallest absolute Gasteiger partial charge is 0.253 e. The summed E-state index contributed by atoms with van der Waals surface area (Å²) >= 11 is 5.95. The van der Waals surface area contributed by atoms with Crippen molar-refractivity contribution >= 4 is 27.5 Å². The van der Waals surface area contributed by atoms with E-state index in [9.17, 15) is 13.2 Å². The van der Waals surface area contributed by atoms with E-state index in [-0.39, 0.29) is 17.3 Å². The van der Waals surface area contributed by atoms with E-state index in [4.69, 9.17) is 11.6 Å². The Bertz CT molecular complexity index is 837. The van der Waals surface area contributed by atoms with Crippen molar-refractivity contribution in [2.24, 2.45) is 0 Å². The van der Waals surface area contributed by atoms with Gasteiger partial charge in [0.1, 0.15) is 0 Å². The highest BCUT2D eigenvalue weighted by Crippen LogP contribution is 2.16. The fraction of sp³-hybridized carbons (Fsp3) is 0.235. The van der Waals surface area contributed by atoms with Crippen molar-refractivity contribution in [3.05, 3.63) is 64.7 Å². The van der Waals surface area contributed by atoms with Gasteiger partial charge in [-0.1, -0.05) is 36.7 Å². The molecule has 128 valence electrons. The van der Waals surface area contributed by atoms with Crippen molar-refractivity contribution < 1.29 is 13.2 Å². The molecule has 0 aliphatic rings. The Morgan fingerprint density at radius 2 is 1.88 bits per heavy atom. The molecule has 24 heavy (non-hydrogen) atoms. The van der Waals surface area contributed by atoms with Crippen LogP contribution in [-0.2, 0) is 16.6 Å². The van der Waals surface area contributed by atoms with Crippen LogP contribution in [-0.4, -0.2) is 32.8 Å². The molecule has 0 aliphatic heterocycles. The molecule has 2 aromatic rings. The summed E-state index contributed by atoms with van der Waals surface area (Å²) in [4.78, 5) is 14.1. The molecule has 0 saturated carbocycles. The minimum Gasteiger partial charge on any atom is -0.337 e. The number of sulfonamides is 1. The van der Waals surface area contributed by atoms with Gasteiger partial charge in [0.25, 0.3) is 5.91 Å². The summed E-state index contributed by atoms with van der Waals surface area (Å²) < 4.78 is 26.5. The van der Waals surface area contributed by atoms with Gasteiger partial charge in [-0.05, 0) is 35.9 Å². The van der Waals surface area contributed by atoms with Crippen molar-refractivity contribution in [3.63, 3.8) is 0 Å². The third kappa shape index (κ3) is 4.56. The van der Waals surface area contributed by atoms with E-state index in [0.717, 1.165) is 5.56 Å². The lowest BCUT2D eigenvalue weighted by Gasteiger charge is -2.18. The van der Waals surface area contributed by atoms with Crippen LogP contribution in [0.2, 0.25) is 5.02 Å². The van der Waals surface area contributed by atoms with Crippen LogP contribution in [0.1, 0.15) is 22.8 Å². The third-order valence-electron chi connectivity index (χ3n) is 3.38. The largest absolute Gasteiger partial charge is 0.337 e. The van der Waals surface area contributed by atoms with Crippen molar-refractivity contribution in [3.8, 4) is 0 Å². The van der Waals surface area contributed by atoms with E-state index in [2.05, 4.69) is 4.72 Å². The van der Waals surface area contributed by atoms with Crippen LogP contribution >= 0.6 is 11.6 Å². The molecule has 0 aromatic heterocycles. The molecular formula is C17H19ClN2O3S. The number of halogens is 1. The van der Waals surface area contributed by atoms with Crippen molar-refractivity contribution in [1.29, 1.82) is 0 Å². The SMILES string of the molecule is CCNS(=O)(=O)c1cccc(C(=O)N(C)Cc2cccc(Cl)c2)c1. The summed E-state index contributed by atoms with van der Waals surface area (Å²) in [5.74, 6) is -0.261. The number of nitrogens with one attached hydrogen (secondary N) is 1. The monoisotopic (exact) mass is 366 g/mol. The Morgan fingerprint density at radius 1 is 1.17 bits per heavy atom. The summed E-state index contributed by atoms with van der Waals surface area (Å²) in [6, 6.07) is 13.3. The number of carbonyl (C=O) groups excluding carboxylic acids is 1. The molecule has 0 spiro atoms. The fourth-order valence-electron chi connectivity index (χ4n) is 2.27. The molecule has 0 heterocycles. The van der Waals surface area contributed by atoms with Crippen molar-refractivity contribution in [2.75, 3.05) is 13.6 Å². The van der Waals surface area contributed by atoms with Crippen LogP contribution in [0.15, 0.2) is 53.4 Å². The number of nitrogens with zero attached hydrogens (tertiary/aromatic N) is 1. The van der Waals surface area contributed by atoms with Gasteiger partial charge in [0.15, 0.2) is 0 Å². The maximum Gasteiger partial charge on any atom is 0.253 e. The highest BCUT2D eigenvalue weighted by Gasteiger charge is 2.17. The highest BCUT2D eigenvalue weighted by molar-refractivity contribution is 7.89. The fourth-order valence-corrected chi connectivity index (χ4v) is 3.57. The number of benzene rings is 2. The second kappa shape index (κ2) is 7.79. The minimum atomic E-state index is -3.59. The predicted molar refractivity (Wildman–Crippen MR) is 94.6 cm³/mol. The zero-order valence-corrected chi connectivity index (χ0v) is 15.1. The number of rotatable bonds is 6. The topological polar surface area (TPSA) is 66.5 Å². The third-order valence-corrected chi connectivity index (χ3v) is 5.16. The molecule has 1 amide bonds. The molecular weight excluding hydrogens is 348 g/mol. The molecule has 0 bridgehead atoms. The summed E-state index contributed by atoms with van der Waals surface area (Å²) in [7, 11) is -1.93. The minimum absolute atomic E-state index is 0.0753. The molecule has 1 N–H and O–H groups in total. The molecule has 7 heteroatoms. The van der Waals surface area contributed by atoms with Crippen molar-refractivity contribution in [1.82, 2.24) is 9.62 Å². The lowest BCUT2D eigenvalue weighted by atomic mass is 10.1. The van der Waals surface area contributed by atoms with Crippen LogP contribution in [0.3, 0.4) is 0 Å². The highest BCUT2D eigenvalue weighted by atomic mass is 35.5. The molecule has 2 rings (SSSR count). The Hall–Kier alpha value is -1.89. The second-order valence-corrected chi connectivity index (χ2v) is 7.52. The average Bonchev–Trinajstić information content (AvgIpc) is 2.54.